The molecule has 4 rings (SSSR count). The van der Waals surface area contributed by atoms with E-state index in [0.29, 0.717) is 25.3 Å². The Balaban J connectivity index is 1.32. The summed E-state index contributed by atoms with van der Waals surface area (Å²) < 4.78 is 12.9. The van der Waals surface area contributed by atoms with Gasteiger partial charge in [-0.1, -0.05) is 30.3 Å². The number of hydrogen-bond acceptors (Lipinski definition) is 3. The number of nitrogens with zero attached hydrogens (tertiary/aromatic N) is 2. The third-order valence-electron chi connectivity index (χ3n) is 4.57. The lowest BCUT2D eigenvalue weighted by atomic mass is 9.91. The first-order valence-electron chi connectivity index (χ1n) is 8.38. The molecule has 134 valence electrons. The highest BCUT2D eigenvalue weighted by molar-refractivity contribution is 5.90. The van der Waals surface area contributed by atoms with E-state index in [-0.39, 0.29) is 24.2 Å². The summed E-state index contributed by atoms with van der Waals surface area (Å²) in [5.74, 6) is -0.435. The molecule has 2 aromatic carbocycles. The van der Waals surface area contributed by atoms with E-state index in [9.17, 15) is 14.0 Å². The van der Waals surface area contributed by atoms with E-state index < -0.39 is 5.60 Å². The molecule has 26 heavy (non-hydrogen) atoms. The quantitative estimate of drug-likeness (QED) is 0.921. The third kappa shape index (κ3) is 3.25. The first-order valence-corrected chi connectivity index (χ1v) is 8.38. The van der Waals surface area contributed by atoms with Gasteiger partial charge in [0.05, 0.1) is 26.1 Å². The zero-order valence-electron chi connectivity index (χ0n) is 14.0. The maximum Gasteiger partial charge on any atom is 0.322 e. The van der Waals surface area contributed by atoms with Crippen LogP contribution >= 0.6 is 0 Å². The van der Waals surface area contributed by atoms with Crippen molar-refractivity contribution < 1.29 is 18.8 Å². The fourth-order valence-electron chi connectivity index (χ4n) is 3.25. The Bertz CT molecular complexity index is 820. The van der Waals surface area contributed by atoms with E-state index >= 15 is 0 Å². The highest BCUT2D eigenvalue weighted by atomic mass is 19.1. The Kier molecular flexibility index (Phi) is 4.08. The van der Waals surface area contributed by atoms with Gasteiger partial charge in [0, 0.05) is 5.69 Å². The number of hydroxylamine groups is 2. The van der Waals surface area contributed by atoms with Crippen molar-refractivity contribution in [1.82, 2.24) is 9.96 Å². The zero-order chi connectivity index (χ0) is 18.1. The van der Waals surface area contributed by atoms with Gasteiger partial charge in [0.1, 0.15) is 11.4 Å². The molecule has 1 spiro atoms. The Morgan fingerprint density at radius 1 is 1.12 bits per heavy atom. The first-order chi connectivity index (χ1) is 12.5. The number of amides is 3. The molecule has 0 unspecified atom stereocenters. The fourth-order valence-corrected chi connectivity index (χ4v) is 3.25. The number of nitrogens with one attached hydrogen (secondary N) is 1. The second kappa shape index (κ2) is 6.42. The van der Waals surface area contributed by atoms with E-state index in [2.05, 4.69) is 5.32 Å². The van der Waals surface area contributed by atoms with Crippen molar-refractivity contribution >= 4 is 17.6 Å². The Labute approximate surface area is 150 Å². The molecule has 0 atom stereocenters. The van der Waals surface area contributed by atoms with Crippen LogP contribution in [0.1, 0.15) is 12.0 Å². The topological polar surface area (TPSA) is 61.9 Å². The molecule has 2 saturated heterocycles. The summed E-state index contributed by atoms with van der Waals surface area (Å²) >= 11 is 0. The Hall–Kier alpha value is -2.93. The van der Waals surface area contributed by atoms with Gasteiger partial charge in [-0.3, -0.25) is 9.63 Å². The summed E-state index contributed by atoms with van der Waals surface area (Å²) in [5, 5.41) is 4.09. The second-order valence-corrected chi connectivity index (χ2v) is 6.66. The summed E-state index contributed by atoms with van der Waals surface area (Å²) in [7, 11) is 0. The van der Waals surface area contributed by atoms with Gasteiger partial charge < -0.3 is 10.2 Å². The molecule has 0 aliphatic carbocycles. The maximum absolute atomic E-state index is 12.9. The summed E-state index contributed by atoms with van der Waals surface area (Å²) in [6.45, 7) is 1.08. The van der Waals surface area contributed by atoms with Crippen LogP contribution in [0.2, 0.25) is 0 Å². The van der Waals surface area contributed by atoms with Crippen LogP contribution in [0.5, 0.6) is 0 Å². The molecule has 0 aromatic heterocycles. The highest BCUT2D eigenvalue weighted by Crippen LogP contribution is 2.36. The van der Waals surface area contributed by atoms with E-state index in [4.69, 9.17) is 4.84 Å². The lowest BCUT2D eigenvalue weighted by Gasteiger charge is -2.45. The van der Waals surface area contributed by atoms with Gasteiger partial charge in [-0.25, -0.2) is 14.2 Å². The molecule has 0 bridgehead atoms. The Morgan fingerprint density at radius 2 is 1.81 bits per heavy atom. The first kappa shape index (κ1) is 16.5. The van der Waals surface area contributed by atoms with Gasteiger partial charge in [-0.15, -0.1) is 0 Å². The van der Waals surface area contributed by atoms with Gasteiger partial charge in [0.15, 0.2) is 0 Å². The smallest absolute Gasteiger partial charge is 0.318 e. The molecule has 0 saturated carbocycles. The van der Waals surface area contributed by atoms with Crippen LogP contribution in [0.3, 0.4) is 0 Å². The number of carbonyl (C=O) groups excluding carboxylic acids is 2. The second-order valence-electron chi connectivity index (χ2n) is 6.66. The zero-order valence-corrected chi connectivity index (χ0v) is 14.0. The number of benzene rings is 2. The summed E-state index contributed by atoms with van der Waals surface area (Å²) in [6, 6.07) is 14.9. The lowest BCUT2D eigenvalue weighted by molar-refractivity contribution is -0.232. The van der Waals surface area contributed by atoms with Crippen molar-refractivity contribution in [1.29, 1.82) is 0 Å². The lowest BCUT2D eigenvalue weighted by Crippen LogP contribution is -2.64. The van der Waals surface area contributed by atoms with Crippen LogP contribution in [0, 0.1) is 5.82 Å². The average molecular weight is 355 g/mol. The normalized spacial score (nSPS) is 18.1. The highest BCUT2D eigenvalue weighted by Gasteiger charge is 2.54. The molecule has 2 aromatic rings. The number of carbonyl (C=O) groups is 2. The molecule has 1 N–H and O–H groups in total. The molecule has 3 amide bonds. The van der Waals surface area contributed by atoms with Gasteiger partial charge in [0.2, 0.25) is 5.91 Å². The monoisotopic (exact) mass is 355 g/mol. The van der Waals surface area contributed by atoms with Crippen LogP contribution in [0.15, 0.2) is 54.6 Å². The van der Waals surface area contributed by atoms with Crippen LogP contribution in [-0.4, -0.2) is 40.6 Å². The van der Waals surface area contributed by atoms with Gasteiger partial charge >= 0.3 is 6.03 Å². The number of anilines is 1. The molecule has 2 aliphatic heterocycles. The standard InChI is InChI=1S/C19H18FN3O3/c20-15-6-8-16(9-7-15)21-18(25)22-12-19(13-22)10-17(24)23(26-19)11-14-4-2-1-3-5-14/h1-9H,10-13H2,(H,21,25). The molecule has 2 fully saturated rings. The van der Waals surface area contributed by atoms with Crippen LogP contribution in [-0.2, 0) is 16.2 Å². The van der Waals surface area contributed by atoms with Gasteiger partial charge in [0.25, 0.3) is 0 Å². The summed E-state index contributed by atoms with van der Waals surface area (Å²) in [6.07, 6.45) is 0.264. The van der Waals surface area contributed by atoms with Crippen LogP contribution < -0.4 is 5.32 Å². The minimum absolute atomic E-state index is 0.0764. The molecule has 6 nitrogen and oxygen atoms in total. The fraction of sp³-hybridized carbons (Fsp3) is 0.263. The molecular weight excluding hydrogens is 337 g/mol. The van der Waals surface area contributed by atoms with Gasteiger partial charge in [-0.2, -0.15) is 0 Å². The van der Waals surface area contributed by atoms with Crippen molar-refractivity contribution in [2.75, 3.05) is 18.4 Å². The third-order valence-corrected chi connectivity index (χ3v) is 4.57. The van der Waals surface area contributed by atoms with Crippen LogP contribution in [0.4, 0.5) is 14.9 Å². The minimum Gasteiger partial charge on any atom is -0.318 e. The molecular formula is C19H18FN3O3. The molecule has 0 radical (unpaired) electrons. The SMILES string of the molecule is O=C(Nc1ccc(F)cc1)N1CC2(CC(=O)N(Cc3ccccc3)O2)C1. The van der Waals surface area contributed by atoms with E-state index in [0.717, 1.165) is 5.56 Å². The number of rotatable bonds is 3. The van der Waals surface area contributed by atoms with E-state index in [1.165, 1.54) is 29.3 Å². The van der Waals surface area contributed by atoms with Crippen molar-refractivity contribution in [2.24, 2.45) is 0 Å². The maximum atomic E-state index is 12.9. The van der Waals surface area contributed by atoms with Crippen molar-refractivity contribution in [3.8, 4) is 0 Å². The number of halogens is 1. The largest absolute Gasteiger partial charge is 0.322 e. The molecule has 7 heteroatoms. The van der Waals surface area contributed by atoms with Crippen molar-refractivity contribution in [2.45, 2.75) is 18.6 Å². The number of urea groups is 1. The summed E-state index contributed by atoms with van der Waals surface area (Å²) in [4.78, 5) is 31.9. The van der Waals surface area contributed by atoms with Crippen molar-refractivity contribution in [3.63, 3.8) is 0 Å². The van der Waals surface area contributed by atoms with E-state index in [1.807, 2.05) is 30.3 Å². The van der Waals surface area contributed by atoms with Crippen molar-refractivity contribution in [3.05, 3.63) is 66.0 Å². The average Bonchev–Trinajstić information content (AvgIpc) is 2.93. The van der Waals surface area contributed by atoms with Crippen LogP contribution in [0.25, 0.3) is 0 Å². The predicted octanol–water partition coefficient (Wildman–Crippen LogP) is 2.78. The summed E-state index contributed by atoms with van der Waals surface area (Å²) in [5.41, 5.74) is 0.876. The number of likely N-dealkylation sites (tertiary alicyclic amines) is 1. The Morgan fingerprint density at radius 3 is 2.50 bits per heavy atom. The van der Waals surface area contributed by atoms with E-state index in [1.54, 1.807) is 4.90 Å². The van der Waals surface area contributed by atoms with Gasteiger partial charge in [-0.05, 0) is 29.8 Å². The number of hydrogen-bond donors (Lipinski definition) is 1. The molecule has 2 heterocycles. The minimum atomic E-state index is -0.633. The predicted molar refractivity (Wildman–Crippen MR) is 92.4 cm³/mol. The molecule has 2 aliphatic rings.